The molecule has 0 saturated carbocycles. The van der Waals surface area contributed by atoms with Crippen molar-refractivity contribution in [2.45, 2.75) is 38.8 Å². The van der Waals surface area contributed by atoms with Crippen molar-refractivity contribution in [3.05, 3.63) is 16.1 Å². The summed E-state index contributed by atoms with van der Waals surface area (Å²) in [6.45, 7) is 6.57. The van der Waals surface area contributed by atoms with Crippen molar-refractivity contribution in [1.29, 1.82) is 0 Å². The van der Waals surface area contributed by atoms with Crippen molar-refractivity contribution >= 4 is 11.3 Å². The van der Waals surface area contributed by atoms with Gasteiger partial charge in [-0.15, -0.1) is 11.3 Å². The fraction of sp³-hybridized carbons (Fsp3) is 0.727. The van der Waals surface area contributed by atoms with E-state index in [1.54, 1.807) is 11.3 Å². The molecular weight excluding hydrogens is 206 g/mol. The molecule has 2 atom stereocenters. The Balaban J connectivity index is 1.88. The van der Waals surface area contributed by atoms with Crippen LogP contribution in [0, 0.1) is 6.92 Å². The van der Waals surface area contributed by atoms with Crippen LogP contribution in [0.25, 0.3) is 0 Å². The van der Waals surface area contributed by atoms with Crippen LogP contribution >= 0.6 is 11.3 Å². The van der Waals surface area contributed by atoms with Crippen LogP contribution in [0.2, 0.25) is 0 Å². The molecule has 84 valence electrons. The number of aryl methyl sites for hydroxylation is 1. The molecule has 1 aliphatic rings. The highest BCUT2D eigenvalue weighted by Gasteiger charge is 2.17. The second kappa shape index (κ2) is 5.05. The Kier molecular flexibility index (Phi) is 3.72. The summed E-state index contributed by atoms with van der Waals surface area (Å²) in [5, 5.41) is 8.26. The number of aromatic nitrogens is 1. The van der Waals surface area contributed by atoms with Gasteiger partial charge >= 0.3 is 0 Å². The first kappa shape index (κ1) is 11.0. The summed E-state index contributed by atoms with van der Waals surface area (Å²) in [6.07, 6.45) is 4.51. The third-order valence-corrected chi connectivity index (χ3v) is 3.89. The third-order valence-electron chi connectivity index (χ3n) is 2.79. The van der Waals surface area contributed by atoms with Gasteiger partial charge in [-0.3, -0.25) is 0 Å². The van der Waals surface area contributed by atoms with Crippen LogP contribution in [0.5, 0.6) is 0 Å². The van der Waals surface area contributed by atoms with Gasteiger partial charge in [0, 0.05) is 23.7 Å². The minimum absolute atomic E-state index is 0.383. The molecule has 2 heterocycles. The van der Waals surface area contributed by atoms with Gasteiger partial charge in [-0.2, -0.15) is 0 Å². The second-order valence-corrected chi connectivity index (χ2v) is 5.51. The smallest absolute Gasteiger partial charge is 0.109 e. The molecule has 2 rings (SSSR count). The number of hydrogen-bond acceptors (Lipinski definition) is 4. The third kappa shape index (κ3) is 3.00. The molecule has 0 amide bonds. The monoisotopic (exact) mass is 225 g/mol. The minimum Gasteiger partial charge on any atom is -0.315 e. The highest BCUT2D eigenvalue weighted by Crippen LogP contribution is 2.20. The van der Waals surface area contributed by atoms with Crippen LogP contribution in [0.4, 0.5) is 0 Å². The normalized spacial score (nSPS) is 24.0. The molecule has 0 bridgehead atoms. The Morgan fingerprint density at radius 2 is 2.53 bits per heavy atom. The number of nitrogens with zero attached hydrogens (tertiary/aromatic N) is 1. The van der Waals surface area contributed by atoms with E-state index in [0.29, 0.717) is 12.1 Å². The summed E-state index contributed by atoms with van der Waals surface area (Å²) in [5.74, 6) is 0. The first-order chi connectivity index (χ1) is 7.25. The molecular formula is C11H19N3S. The van der Waals surface area contributed by atoms with Gasteiger partial charge in [-0.1, -0.05) is 0 Å². The van der Waals surface area contributed by atoms with Gasteiger partial charge in [0.25, 0.3) is 0 Å². The Morgan fingerprint density at radius 3 is 3.13 bits per heavy atom. The molecule has 1 saturated heterocycles. The van der Waals surface area contributed by atoms with E-state index in [0.717, 1.165) is 6.54 Å². The Labute approximate surface area is 95.3 Å². The molecule has 0 radical (unpaired) electrons. The van der Waals surface area contributed by atoms with E-state index in [2.05, 4.69) is 29.5 Å². The maximum atomic E-state index is 4.42. The van der Waals surface area contributed by atoms with Gasteiger partial charge in [-0.05, 0) is 33.2 Å². The van der Waals surface area contributed by atoms with Crippen molar-refractivity contribution in [2.24, 2.45) is 0 Å². The van der Waals surface area contributed by atoms with Crippen molar-refractivity contribution in [3.8, 4) is 0 Å². The lowest BCUT2D eigenvalue weighted by molar-refractivity contribution is 0.361. The SMILES string of the molecule is Cc1cnc(C(C)NC2CCCNC2)s1. The topological polar surface area (TPSA) is 37.0 Å². The molecule has 15 heavy (non-hydrogen) atoms. The maximum absolute atomic E-state index is 4.42. The zero-order chi connectivity index (χ0) is 10.7. The highest BCUT2D eigenvalue weighted by atomic mass is 32.1. The molecule has 2 N–H and O–H groups in total. The average Bonchev–Trinajstić information content (AvgIpc) is 2.66. The van der Waals surface area contributed by atoms with Crippen molar-refractivity contribution in [2.75, 3.05) is 13.1 Å². The maximum Gasteiger partial charge on any atom is 0.109 e. The van der Waals surface area contributed by atoms with Gasteiger partial charge in [0.05, 0.1) is 6.04 Å². The molecule has 0 aromatic carbocycles. The van der Waals surface area contributed by atoms with E-state index in [9.17, 15) is 0 Å². The van der Waals surface area contributed by atoms with Crippen LogP contribution < -0.4 is 10.6 Å². The minimum atomic E-state index is 0.383. The van der Waals surface area contributed by atoms with Crippen LogP contribution in [0.1, 0.15) is 35.7 Å². The van der Waals surface area contributed by atoms with E-state index in [1.165, 1.54) is 29.3 Å². The van der Waals surface area contributed by atoms with Gasteiger partial charge in [0.2, 0.25) is 0 Å². The molecule has 1 fully saturated rings. The average molecular weight is 225 g/mol. The van der Waals surface area contributed by atoms with Gasteiger partial charge < -0.3 is 10.6 Å². The molecule has 4 heteroatoms. The largest absolute Gasteiger partial charge is 0.315 e. The van der Waals surface area contributed by atoms with E-state index in [1.807, 2.05) is 6.20 Å². The molecule has 1 aromatic rings. The molecule has 0 spiro atoms. The highest BCUT2D eigenvalue weighted by molar-refractivity contribution is 7.11. The Bertz CT molecular complexity index is 305. The zero-order valence-electron chi connectivity index (χ0n) is 9.42. The first-order valence-electron chi connectivity index (χ1n) is 5.65. The van der Waals surface area contributed by atoms with E-state index < -0.39 is 0 Å². The number of hydrogen-bond donors (Lipinski definition) is 2. The lowest BCUT2D eigenvalue weighted by Crippen LogP contribution is -2.43. The molecule has 1 aliphatic heterocycles. The molecule has 3 nitrogen and oxygen atoms in total. The fourth-order valence-electron chi connectivity index (χ4n) is 1.99. The Hall–Kier alpha value is -0.450. The van der Waals surface area contributed by atoms with E-state index in [4.69, 9.17) is 0 Å². The zero-order valence-corrected chi connectivity index (χ0v) is 10.2. The van der Waals surface area contributed by atoms with E-state index in [-0.39, 0.29) is 0 Å². The number of thiazole rings is 1. The van der Waals surface area contributed by atoms with Crippen molar-refractivity contribution < 1.29 is 0 Å². The summed E-state index contributed by atoms with van der Waals surface area (Å²) < 4.78 is 0. The number of nitrogens with one attached hydrogen (secondary N) is 2. The lowest BCUT2D eigenvalue weighted by atomic mass is 10.1. The summed E-state index contributed by atoms with van der Waals surface area (Å²) in [5.41, 5.74) is 0. The lowest BCUT2D eigenvalue weighted by Gasteiger charge is -2.26. The summed E-state index contributed by atoms with van der Waals surface area (Å²) in [4.78, 5) is 5.71. The number of piperidine rings is 1. The van der Waals surface area contributed by atoms with Crippen molar-refractivity contribution in [1.82, 2.24) is 15.6 Å². The predicted octanol–water partition coefficient (Wildman–Crippen LogP) is 1.85. The summed E-state index contributed by atoms with van der Waals surface area (Å²) >= 11 is 1.79. The van der Waals surface area contributed by atoms with Gasteiger partial charge in [0.1, 0.15) is 5.01 Å². The van der Waals surface area contributed by atoms with Crippen LogP contribution in [-0.4, -0.2) is 24.1 Å². The Morgan fingerprint density at radius 1 is 1.67 bits per heavy atom. The van der Waals surface area contributed by atoms with Gasteiger partial charge in [-0.25, -0.2) is 4.98 Å². The van der Waals surface area contributed by atoms with Crippen LogP contribution in [0.3, 0.4) is 0 Å². The predicted molar refractivity (Wildman–Crippen MR) is 64.3 cm³/mol. The van der Waals surface area contributed by atoms with Crippen LogP contribution in [0.15, 0.2) is 6.20 Å². The van der Waals surface area contributed by atoms with Crippen molar-refractivity contribution in [3.63, 3.8) is 0 Å². The van der Waals surface area contributed by atoms with Gasteiger partial charge in [0.15, 0.2) is 0 Å². The first-order valence-corrected chi connectivity index (χ1v) is 6.46. The quantitative estimate of drug-likeness (QED) is 0.824. The molecule has 0 aliphatic carbocycles. The number of rotatable bonds is 3. The fourth-order valence-corrected chi connectivity index (χ4v) is 2.78. The summed E-state index contributed by atoms with van der Waals surface area (Å²) in [7, 11) is 0. The molecule has 1 aromatic heterocycles. The second-order valence-electron chi connectivity index (χ2n) is 4.24. The molecule has 2 unspecified atom stereocenters. The standard InChI is InChI=1S/C11H19N3S/c1-8-6-13-11(15-8)9(2)14-10-4-3-5-12-7-10/h6,9-10,12,14H,3-5,7H2,1-2H3. The van der Waals surface area contributed by atoms with E-state index >= 15 is 0 Å². The van der Waals surface area contributed by atoms with Crippen LogP contribution in [-0.2, 0) is 0 Å². The summed E-state index contributed by atoms with van der Waals surface area (Å²) in [6, 6.07) is 0.992.